The first-order chi connectivity index (χ1) is 14.6. The average molecular weight is 400 g/mol. The Bertz CT molecular complexity index is 1300. The summed E-state index contributed by atoms with van der Waals surface area (Å²) >= 11 is 0. The van der Waals surface area contributed by atoms with E-state index in [4.69, 9.17) is 10.2 Å². The molecule has 1 amide bonds. The molecule has 8 nitrogen and oxygen atoms in total. The van der Waals surface area contributed by atoms with Gasteiger partial charge in [-0.15, -0.1) is 0 Å². The van der Waals surface area contributed by atoms with Crippen molar-refractivity contribution in [2.45, 2.75) is 31.9 Å². The van der Waals surface area contributed by atoms with Gasteiger partial charge in [0.2, 0.25) is 5.91 Å². The van der Waals surface area contributed by atoms with Gasteiger partial charge in [-0.2, -0.15) is 5.26 Å². The SMILES string of the molecule is CC(=O)N1C[C@@H](O)C[C@H]1c1nc(-c2ccc(CC#N)cc2)c2cnc3[nH]ccc3n12. The van der Waals surface area contributed by atoms with Crippen molar-refractivity contribution in [1.29, 1.82) is 5.26 Å². The van der Waals surface area contributed by atoms with E-state index in [9.17, 15) is 9.90 Å². The van der Waals surface area contributed by atoms with Gasteiger partial charge in [0.05, 0.1) is 47.6 Å². The molecule has 1 aliphatic heterocycles. The summed E-state index contributed by atoms with van der Waals surface area (Å²) in [6.45, 7) is 1.82. The summed E-state index contributed by atoms with van der Waals surface area (Å²) in [5, 5.41) is 19.2. The predicted molar refractivity (Wildman–Crippen MR) is 110 cm³/mol. The molecule has 2 atom stereocenters. The minimum absolute atomic E-state index is 0.0879. The Morgan fingerprint density at radius 3 is 2.83 bits per heavy atom. The molecule has 2 N–H and O–H groups in total. The Hall–Kier alpha value is -3.70. The quantitative estimate of drug-likeness (QED) is 0.549. The number of aliphatic hydroxyl groups is 1. The second-order valence-electron chi connectivity index (χ2n) is 7.62. The molecule has 1 saturated heterocycles. The number of hydrogen-bond donors (Lipinski definition) is 2. The number of nitriles is 1. The fourth-order valence-electron chi connectivity index (χ4n) is 4.30. The maximum Gasteiger partial charge on any atom is 0.220 e. The van der Waals surface area contributed by atoms with Crippen LogP contribution in [0.5, 0.6) is 0 Å². The molecule has 150 valence electrons. The maximum absolute atomic E-state index is 12.2. The summed E-state index contributed by atoms with van der Waals surface area (Å²) in [4.78, 5) is 26.5. The van der Waals surface area contributed by atoms with Crippen molar-refractivity contribution in [3.05, 3.63) is 54.1 Å². The van der Waals surface area contributed by atoms with Crippen LogP contribution >= 0.6 is 0 Å². The Kier molecular flexibility index (Phi) is 4.26. The largest absolute Gasteiger partial charge is 0.391 e. The number of aromatic amines is 1. The highest BCUT2D eigenvalue weighted by atomic mass is 16.3. The van der Waals surface area contributed by atoms with E-state index in [0.29, 0.717) is 25.2 Å². The van der Waals surface area contributed by atoms with Crippen LogP contribution in [0.25, 0.3) is 27.9 Å². The number of nitrogens with zero attached hydrogens (tertiary/aromatic N) is 5. The monoisotopic (exact) mass is 400 g/mol. The van der Waals surface area contributed by atoms with E-state index in [1.807, 2.05) is 40.9 Å². The lowest BCUT2D eigenvalue weighted by atomic mass is 10.1. The highest BCUT2D eigenvalue weighted by molar-refractivity contribution is 5.84. The Morgan fingerprint density at radius 2 is 2.10 bits per heavy atom. The zero-order valence-electron chi connectivity index (χ0n) is 16.4. The first kappa shape index (κ1) is 18.3. The first-order valence-corrected chi connectivity index (χ1v) is 9.83. The molecule has 0 radical (unpaired) electrons. The van der Waals surface area contributed by atoms with Crippen LogP contribution in [0.15, 0.2) is 42.7 Å². The molecule has 0 spiro atoms. The zero-order valence-corrected chi connectivity index (χ0v) is 16.4. The number of H-pyrrole nitrogens is 1. The molecule has 0 aliphatic carbocycles. The van der Waals surface area contributed by atoms with E-state index >= 15 is 0 Å². The molecule has 4 aromatic rings. The lowest BCUT2D eigenvalue weighted by Crippen LogP contribution is -2.30. The predicted octanol–water partition coefficient (Wildman–Crippen LogP) is 2.60. The number of imidazole rings is 1. The molecule has 5 rings (SSSR count). The van der Waals surface area contributed by atoms with E-state index in [-0.39, 0.29) is 11.9 Å². The molecule has 8 heteroatoms. The van der Waals surface area contributed by atoms with E-state index in [1.54, 1.807) is 11.1 Å². The lowest BCUT2D eigenvalue weighted by molar-refractivity contribution is -0.130. The number of carbonyl (C=O) groups excluding carboxylic acids is 1. The van der Waals surface area contributed by atoms with Crippen LogP contribution in [0.1, 0.15) is 30.8 Å². The van der Waals surface area contributed by atoms with Crippen LogP contribution in [0.3, 0.4) is 0 Å². The number of rotatable bonds is 3. The topological polar surface area (TPSA) is 110 Å². The Balaban J connectivity index is 1.73. The fourth-order valence-corrected chi connectivity index (χ4v) is 4.30. The maximum atomic E-state index is 12.2. The smallest absolute Gasteiger partial charge is 0.220 e. The van der Waals surface area contributed by atoms with Crippen LogP contribution in [-0.2, 0) is 11.2 Å². The number of carbonyl (C=O) groups is 1. The molecular formula is C22H20N6O2. The number of aliphatic hydroxyl groups excluding tert-OH is 1. The normalized spacial score (nSPS) is 18.9. The molecule has 1 aliphatic rings. The number of amides is 1. The molecule has 0 bridgehead atoms. The van der Waals surface area contributed by atoms with Gasteiger partial charge in [0.15, 0.2) is 5.65 Å². The number of fused-ring (bicyclic) bond motifs is 3. The molecule has 1 fully saturated rings. The van der Waals surface area contributed by atoms with Gasteiger partial charge in [-0.1, -0.05) is 24.3 Å². The number of benzene rings is 1. The average Bonchev–Trinajstić information content (AvgIpc) is 3.44. The van der Waals surface area contributed by atoms with Crippen LogP contribution in [0, 0.1) is 11.3 Å². The molecule has 0 unspecified atom stereocenters. The Labute approximate surface area is 172 Å². The molecular weight excluding hydrogens is 380 g/mol. The van der Waals surface area contributed by atoms with Gasteiger partial charge in [0.25, 0.3) is 0 Å². The van der Waals surface area contributed by atoms with Gasteiger partial charge in [-0.05, 0) is 11.6 Å². The van der Waals surface area contributed by atoms with Gasteiger partial charge in [-0.3, -0.25) is 9.20 Å². The van der Waals surface area contributed by atoms with Gasteiger partial charge in [0, 0.05) is 31.6 Å². The summed E-state index contributed by atoms with van der Waals surface area (Å²) in [6, 6.07) is 11.5. The molecule has 4 heterocycles. The van der Waals surface area contributed by atoms with Crippen molar-refractivity contribution < 1.29 is 9.90 Å². The minimum atomic E-state index is -0.580. The minimum Gasteiger partial charge on any atom is -0.391 e. The highest BCUT2D eigenvalue weighted by Crippen LogP contribution is 2.36. The standard InChI is InChI=1S/C22H20N6O2/c1-13(29)27-12-16(30)10-18(27)22-26-20(15-4-2-14(3-5-15)6-8-23)19-11-25-21-17(28(19)22)7-9-24-21/h2-5,7,9,11,16,18,24,30H,6,10,12H2,1H3/t16-,18-/m0/s1. The number of nitrogens with one attached hydrogen (secondary N) is 1. The van der Waals surface area contributed by atoms with Crippen LogP contribution in [0.4, 0.5) is 0 Å². The number of aromatic nitrogens is 4. The van der Waals surface area contributed by atoms with Gasteiger partial charge < -0.3 is 15.0 Å². The lowest BCUT2D eigenvalue weighted by Gasteiger charge is -2.22. The summed E-state index contributed by atoms with van der Waals surface area (Å²) in [5.74, 6) is 0.620. The van der Waals surface area contributed by atoms with Crippen molar-refractivity contribution in [2.24, 2.45) is 0 Å². The fraction of sp³-hybridized carbons (Fsp3) is 0.273. The first-order valence-electron chi connectivity index (χ1n) is 9.83. The molecule has 3 aromatic heterocycles. The third-order valence-electron chi connectivity index (χ3n) is 5.69. The van der Waals surface area contributed by atoms with Crippen molar-refractivity contribution in [3.8, 4) is 17.3 Å². The van der Waals surface area contributed by atoms with E-state index in [1.165, 1.54) is 6.92 Å². The third-order valence-corrected chi connectivity index (χ3v) is 5.69. The highest BCUT2D eigenvalue weighted by Gasteiger charge is 2.37. The van der Waals surface area contributed by atoms with Crippen LogP contribution < -0.4 is 0 Å². The summed E-state index contributed by atoms with van der Waals surface area (Å²) in [7, 11) is 0. The molecule has 30 heavy (non-hydrogen) atoms. The van der Waals surface area contributed by atoms with Crippen LogP contribution in [0.2, 0.25) is 0 Å². The van der Waals surface area contributed by atoms with Gasteiger partial charge in [-0.25, -0.2) is 9.97 Å². The molecule has 1 aromatic carbocycles. The van der Waals surface area contributed by atoms with Crippen molar-refractivity contribution >= 4 is 22.6 Å². The van der Waals surface area contributed by atoms with E-state index in [2.05, 4.69) is 16.0 Å². The zero-order chi connectivity index (χ0) is 20.8. The second kappa shape index (κ2) is 6.97. The van der Waals surface area contributed by atoms with Crippen molar-refractivity contribution in [1.82, 2.24) is 24.3 Å². The summed E-state index contributed by atoms with van der Waals surface area (Å²) in [5.41, 5.74) is 5.03. The van der Waals surface area contributed by atoms with Crippen molar-refractivity contribution in [2.75, 3.05) is 6.54 Å². The third kappa shape index (κ3) is 2.83. The van der Waals surface area contributed by atoms with E-state index < -0.39 is 6.10 Å². The number of likely N-dealkylation sites (tertiary alicyclic amines) is 1. The van der Waals surface area contributed by atoms with Gasteiger partial charge in [0.1, 0.15) is 5.82 Å². The molecule has 0 saturated carbocycles. The summed E-state index contributed by atoms with van der Waals surface area (Å²) in [6.07, 6.45) is 3.81. The van der Waals surface area contributed by atoms with Crippen LogP contribution in [-0.4, -0.2) is 47.9 Å². The summed E-state index contributed by atoms with van der Waals surface area (Å²) < 4.78 is 2.02. The van der Waals surface area contributed by atoms with Crippen molar-refractivity contribution in [3.63, 3.8) is 0 Å². The number of hydrogen-bond acceptors (Lipinski definition) is 5. The Morgan fingerprint density at radius 1 is 1.30 bits per heavy atom. The van der Waals surface area contributed by atoms with Gasteiger partial charge >= 0.3 is 0 Å². The number of β-amino-alcohol motifs (C(OH)–C–C–N with tert-alkyl or cyclic N) is 1. The second-order valence-corrected chi connectivity index (χ2v) is 7.62. The van der Waals surface area contributed by atoms with E-state index in [0.717, 1.165) is 33.5 Å².